The summed E-state index contributed by atoms with van der Waals surface area (Å²) in [6.07, 6.45) is 13.8. The lowest BCUT2D eigenvalue weighted by molar-refractivity contribution is -0.129. The molecule has 7 aromatic rings. The Morgan fingerprint density at radius 2 is 0.816 bits per heavy atom. The SMILES string of the molecule is C=CC(=O)N1CCN(c2nc(OC[C@@H]3CCCN3C)nc3c2CCN(c2cccc(OC)c2C)C3)C[C@@H]1CC#N.C=CC(=O)N1CCN(c2nc(OC[C@@H]3CCCN3C)nc3c2CCN(c2cccc4ccc(C)cc24)C3)C[C@@H]1CC#N.C=CC(=O)N1CCN(c2nc(OC[C@@H]3CCCN3C)nc3c2CCN(c2ccccc2C#N)C3)C[C@@H]1CC#N.S.S.S.S. The zero-order valence-electron chi connectivity index (χ0n) is 72.9. The summed E-state index contributed by atoms with van der Waals surface area (Å²) in [5, 5.41) is 40.6. The summed E-state index contributed by atoms with van der Waals surface area (Å²) < 4.78 is 24.3. The van der Waals surface area contributed by atoms with Crippen molar-refractivity contribution in [1.82, 2.24) is 59.3 Å². The van der Waals surface area contributed by atoms with Crippen molar-refractivity contribution in [3.63, 3.8) is 0 Å². The molecule has 125 heavy (non-hydrogen) atoms. The molecule has 6 saturated heterocycles. The van der Waals surface area contributed by atoms with E-state index in [2.05, 4.69) is 166 Å². The van der Waals surface area contributed by atoms with Gasteiger partial charge in [-0.2, -0.15) is 105 Å². The monoisotopic (exact) mass is 1770 g/mol. The lowest BCUT2D eigenvalue weighted by atomic mass is 10.0. The van der Waals surface area contributed by atoms with Crippen LogP contribution >= 0.6 is 54.0 Å². The second-order valence-electron chi connectivity index (χ2n) is 32.9. The van der Waals surface area contributed by atoms with E-state index in [1.165, 1.54) is 53.1 Å². The molecule has 3 aromatic heterocycles. The Balaban J connectivity index is 0.000000193. The zero-order valence-corrected chi connectivity index (χ0v) is 76.9. The molecule has 16 rings (SSSR count). The van der Waals surface area contributed by atoms with Crippen molar-refractivity contribution in [2.24, 2.45) is 0 Å². The first kappa shape index (κ1) is 96.5. The Labute approximate surface area is 763 Å². The molecule has 3 amide bonds. The molecule has 0 unspecified atom stereocenters. The fraction of sp³-hybridized carbons (Fsp3) is 0.489. The first-order chi connectivity index (χ1) is 58.9. The number of benzene rings is 4. The number of carbonyl (C=O) groups is 3. The van der Waals surface area contributed by atoms with Crippen LogP contribution in [0.25, 0.3) is 10.8 Å². The Hall–Kier alpha value is -10.8. The quantitative estimate of drug-likeness (QED) is 0.0570. The summed E-state index contributed by atoms with van der Waals surface area (Å²) in [7, 11) is 8.09. The lowest BCUT2D eigenvalue weighted by Crippen LogP contribution is -2.55. The van der Waals surface area contributed by atoms with E-state index in [0.29, 0.717) is 146 Å². The molecule has 33 heteroatoms. The van der Waals surface area contributed by atoms with E-state index < -0.39 is 0 Å². The average molecular weight is 1770 g/mol. The van der Waals surface area contributed by atoms with E-state index in [9.17, 15) is 35.4 Å². The fourth-order valence-corrected chi connectivity index (χ4v) is 18.7. The first-order valence-electron chi connectivity index (χ1n) is 42.6. The van der Waals surface area contributed by atoms with Gasteiger partial charge in [0.2, 0.25) is 17.7 Å². The average Bonchev–Trinajstić information content (AvgIpc) is 1.31. The summed E-state index contributed by atoms with van der Waals surface area (Å²) >= 11 is 0. The number of nitrogens with zero attached hydrogens (tertiary/aromatic N) is 22. The Morgan fingerprint density at radius 1 is 0.440 bits per heavy atom. The van der Waals surface area contributed by atoms with Gasteiger partial charge in [-0.1, -0.05) is 67.8 Å². The van der Waals surface area contributed by atoms with Gasteiger partial charge in [0, 0.05) is 136 Å². The van der Waals surface area contributed by atoms with Crippen LogP contribution in [0.1, 0.15) is 108 Å². The molecular weight excluding hydrogens is 1650 g/mol. The van der Waals surface area contributed by atoms with Gasteiger partial charge in [-0.3, -0.25) is 14.4 Å². The topological polar surface area (TPSA) is 300 Å². The van der Waals surface area contributed by atoms with Crippen LogP contribution in [0.2, 0.25) is 0 Å². The number of hydrogen-bond donors (Lipinski definition) is 0. The number of piperazine rings is 3. The minimum absolute atomic E-state index is 0. The summed E-state index contributed by atoms with van der Waals surface area (Å²) in [4.78, 5) is 92.8. The summed E-state index contributed by atoms with van der Waals surface area (Å²) in [6, 6.07) is 37.4. The number of ether oxygens (including phenoxy) is 4. The molecule has 0 aliphatic carbocycles. The van der Waals surface area contributed by atoms with Gasteiger partial charge in [-0.25, -0.2) is 0 Å². The van der Waals surface area contributed by atoms with Crippen molar-refractivity contribution < 1.29 is 33.3 Å². The van der Waals surface area contributed by atoms with Gasteiger partial charge in [-0.05, 0) is 172 Å². The van der Waals surface area contributed by atoms with E-state index >= 15 is 0 Å². The highest BCUT2D eigenvalue weighted by atomic mass is 32.1. The van der Waals surface area contributed by atoms with Crippen LogP contribution in [0.5, 0.6) is 23.8 Å². The number of amides is 3. The summed E-state index contributed by atoms with van der Waals surface area (Å²) in [5.74, 6) is 2.98. The molecule has 0 spiro atoms. The van der Waals surface area contributed by atoms with Crippen LogP contribution in [0.3, 0.4) is 0 Å². The molecule has 4 aromatic carbocycles. The molecule has 9 aliphatic rings. The molecule has 664 valence electrons. The number of aryl methyl sites for hydroxylation is 1. The number of likely N-dealkylation sites (tertiary alicyclic amines) is 3. The normalized spacial score (nSPS) is 20.4. The van der Waals surface area contributed by atoms with Gasteiger partial charge in [0.15, 0.2) is 0 Å². The number of aromatic nitrogens is 6. The van der Waals surface area contributed by atoms with Gasteiger partial charge in [0.25, 0.3) is 0 Å². The van der Waals surface area contributed by atoms with Crippen molar-refractivity contribution in [3.05, 3.63) is 167 Å². The number of para-hydroxylation sites is 1. The second-order valence-corrected chi connectivity index (χ2v) is 32.9. The highest BCUT2D eigenvalue weighted by Crippen LogP contribution is 2.40. The molecule has 0 radical (unpaired) electrons. The van der Waals surface area contributed by atoms with E-state index in [4.69, 9.17) is 48.9 Å². The highest BCUT2D eigenvalue weighted by Gasteiger charge is 2.39. The standard InChI is InChI=1S/C33H39N7O2.C30H39N7O3.C29H34N8O2.4H2S/c1-4-31(41)40-18-17-39(20-25(40)12-14-34)32-27-13-16-38(30-9-5-7-24-11-10-23(2)19-28(24)30)21-29(27)35-33(36-32)42-22-26-8-6-15-37(26)3;1-5-28(38)37-17-16-36(18-22(37)11-13-31)29-24-12-15-35(26-9-6-10-27(39-4)21(26)2)19-25(24)32-30(33-29)40-20-23-8-7-14-34(23)3;1-3-27(38)37-16-15-36(18-22(37)10-12-30)28-24-11-14-35(26-9-5-4-7-21(26)17-31)19-25(24)32-29(33-28)39-20-23-8-6-13-34(23)2;;;;/h4-5,7,9-11,19,25-26H,1,6,8,12-13,15-18,20-22H2,2-3H3;5-6,9-10,22-23H,1,7-8,11-12,14-20H2,2-4H3;3-5,7,9,22-23H,1,6,8,10-11,13-16,18-20H2,2H3;4*1H2/t25-,26-;2*22-,23-;;;;/m000..../s1. The van der Waals surface area contributed by atoms with Gasteiger partial charge < -0.3 is 77.7 Å². The molecule has 12 heterocycles. The summed E-state index contributed by atoms with van der Waals surface area (Å²) in [5.41, 5.74) is 12.3. The van der Waals surface area contributed by atoms with Crippen molar-refractivity contribution in [1.29, 1.82) is 21.0 Å². The predicted molar refractivity (Wildman–Crippen MR) is 507 cm³/mol. The summed E-state index contributed by atoms with van der Waals surface area (Å²) in [6.45, 7) is 29.1. The van der Waals surface area contributed by atoms with E-state index in [-0.39, 0.29) is 109 Å². The smallest absolute Gasteiger partial charge is 0.318 e. The molecule has 0 N–H and O–H groups in total. The van der Waals surface area contributed by atoms with Crippen LogP contribution in [-0.4, -0.2) is 260 Å². The minimum Gasteiger partial charge on any atom is -0.496 e. The third kappa shape index (κ3) is 22.2. The number of carbonyl (C=O) groups excluding carboxylic acids is 3. The van der Waals surface area contributed by atoms with Crippen LogP contribution in [0.4, 0.5) is 34.5 Å². The molecule has 29 nitrogen and oxygen atoms in total. The number of fused-ring (bicyclic) bond motifs is 4. The Kier molecular flexibility index (Phi) is 34.7. The van der Waals surface area contributed by atoms with Crippen molar-refractivity contribution in [2.75, 3.05) is 176 Å². The Bertz CT molecular complexity index is 5160. The molecule has 6 fully saturated rings. The van der Waals surface area contributed by atoms with E-state index in [0.717, 1.165) is 152 Å². The maximum Gasteiger partial charge on any atom is 0.318 e. The first-order valence-corrected chi connectivity index (χ1v) is 42.6. The maximum absolute atomic E-state index is 12.5. The maximum atomic E-state index is 12.5. The van der Waals surface area contributed by atoms with E-state index in [1.807, 2.05) is 36.4 Å². The number of rotatable bonds is 22. The third-order valence-corrected chi connectivity index (χ3v) is 25.5. The lowest BCUT2D eigenvalue weighted by Gasteiger charge is -2.42. The van der Waals surface area contributed by atoms with Crippen molar-refractivity contribution in [3.8, 4) is 48.1 Å². The molecular formula is C92H120N22O7S4. The van der Waals surface area contributed by atoms with Crippen LogP contribution in [0, 0.1) is 59.2 Å². The zero-order chi connectivity index (χ0) is 84.8. The number of anilines is 6. The van der Waals surface area contributed by atoms with Crippen LogP contribution in [-0.2, 0) is 53.3 Å². The van der Waals surface area contributed by atoms with Crippen molar-refractivity contribution >= 4 is 117 Å². The Morgan fingerprint density at radius 3 is 1.19 bits per heavy atom. The van der Waals surface area contributed by atoms with Gasteiger partial charge >= 0.3 is 18.0 Å². The van der Waals surface area contributed by atoms with Gasteiger partial charge in [0.05, 0.1) is 111 Å². The number of methoxy groups -OCH3 is 1. The van der Waals surface area contributed by atoms with Gasteiger partial charge in [-0.15, -0.1) is 0 Å². The molecule has 0 bridgehead atoms. The number of hydrogen-bond acceptors (Lipinski definition) is 26. The third-order valence-electron chi connectivity index (χ3n) is 25.5. The number of likely N-dealkylation sites (N-methyl/N-ethyl adjacent to an activating group) is 3. The second kappa shape index (κ2) is 44.9. The van der Waals surface area contributed by atoms with Crippen LogP contribution < -0.4 is 48.3 Å². The largest absolute Gasteiger partial charge is 0.496 e. The number of nitriles is 4. The molecule has 0 saturated carbocycles. The highest BCUT2D eigenvalue weighted by molar-refractivity contribution is 7.59. The fourth-order valence-electron chi connectivity index (χ4n) is 18.7. The molecule has 9 aliphatic heterocycles. The van der Waals surface area contributed by atoms with Crippen molar-refractivity contribution in [2.45, 2.75) is 147 Å². The minimum atomic E-state index is -0.251. The van der Waals surface area contributed by atoms with Crippen LogP contribution in [0.15, 0.2) is 117 Å². The van der Waals surface area contributed by atoms with E-state index in [1.54, 1.807) is 21.8 Å². The predicted octanol–water partition coefficient (Wildman–Crippen LogP) is 9.99. The van der Waals surface area contributed by atoms with Gasteiger partial charge in [0.1, 0.15) is 49.1 Å². The molecule has 6 atom stereocenters.